The fourth-order valence-corrected chi connectivity index (χ4v) is 5.00. The molecule has 2 aromatic rings. The monoisotopic (exact) mass is 384 g/mol. The Bertz CT molecular complexity index is 890. The van der Waals surface area contributed by atoms with Crippen molar-refractivity contribution in [2.24, 2.45) is 5.92 Å². The lowest BCUT2D eigenvalue weighted by Crippen LogP contribution is -2.24. The molecular weight excluding hydrogens is 360 g/mol. The zero-order valence-electron chi connectivity index (χ0n) is 15.7. The standard InChI is InChI=1S/C21H24N2O3S/c1-13-5-8-18-14(10-13)11-19(27-18)21(25)22-15-6-7-16(17(12-15)26-2)23-9-3-4-20(23)24/h6-7,11-13H,3-5,8-10H2,1-2H3,(H,22,25)/t13-/m1/s1. The summed E-state index contributed by atoms with van der Waals surface area (Å²) in [5.74, 6) is 1.31. The van der Waals surface area contributed by atoms with Crippen molar-refractivity contribution in [3.05, 3.63) is 39.6 Å². The van der Waals surface area contributed by atoms with Gasteiger partial charge in [-0.2, -0.15) is 0 Å². The van der Waals surface area contributed by atoms with E-state index < -0.39 is 0 Å². The van der Waals surface area contributed by atoms with Crippen LogP contribution in [0, 0.1) is 5.92 Å². The summed E-state index contributed by atoms with van der Waals surface area (Å²) in [7, 11) is 1.58. The van der Waals surface area contributed by atoms with Gasteiger partial charge in [0.1, 0.15) is 5.75 Å². The van der Waals surface area contributed by atoms with Gasteiger partial charge in [-0.25, -0.2) is 0 Å². The molecule has 1 aliphatic carbocycles. The Labute approximate surface area is 163 Å². The zero-order valence-corrected chi connectivity index (χ0v) is 16.5. The molecule has 6 heteroatoms. The van der Waals surface area contributed by atoms with Crippen LogP contribution in [0.4, 0.5) is 11.4 Å². The highest BCUT2D eigenvalue weighted by molar-refractivity contribution is 7.14. The van der Waals surface area contributed by atoms with Crippen LogP contribution >= 0.6 is 11.3 Å². The van der Waals surface area contributed by atoms with Gasteiger partial charge < -0.3 is 15.0 Å². The number of aryl methyl sites for hydroxylation is 1. The van der Waals surface area contributed by atoms with Crippen molar-refractivity contribution in [1.29, 1.82) is 0 Å². The van der Waals surface area contributed by atoms with Crippen LogP contribution in [0.25, 0.3) is 0 Å². The van der Waals surface area contributed by atoms with Gasteiger partial charge in [-0.05, 0) is 55.4 Å². The number of amides is 2. The van der Waals surface area contributed by atoms with E-state index in [4.69, 9.17) is 4.74 Å². The molecule has 4 rings (SSSR count). The fraction of sp³-hybridized carbons (Fsp3) is 0.429. The second-order valence-corrected chi connectivity index (χ2v) is 8.53. The number of carbonyl (C=O) groups is 2. The number of nitrogens with zero attached hydrogens (tertiary/aromatic N) is 1. The van der Waals surface area contributed by atoms with Crippen LogP contribution < -0.4 is 15.0 Å². The molecule has 27 heavy (non-hydrogen) atoms. The first-order valence-electron chi connectivity index (χ1n) is 9.46. The number of carbonyl (C=O) groups excluding carboxylic acids is 2. The van der Waals surface area contributed by atoms with Gasteiger partial charge in [0.25, 0.3) is 5.91 Å². The number of hydrogen-bond acceptors (Lipinski definition) is 4. The highest BCUT2D eigenvalue weighted by Crippen LogP contribution is 2.35. The second kappa shape index (κ2) is 7.35. The lowest BCUT2D eigenvalue weighted by Gasteiger charge is -2.19. The first-order chi connectivity index (χ1) is 13.0. The van der Waals surface area contributed by atoms with E-state index in [0.29, 0.717) is 30.3 Å². The first kappa shape index (κ1) is 18.0. The first-order valence-corrected chi connectivity index (χ1v) is 10.3. The molecular formula is C21H24N2O3S. The van der Waals surface area contributed by atoms with E-state index in [1.54, 1.807) is 29.4 Å². The summed E-state index contributed by atoms with van der Waals surface area (Å²) in [6.07, 6.45) is 4.76. The van der Waals surface area contributed by atoms with E-state index >= 15 is 0 Å². The van der Waals surface area contributed by atoms with E-state index in [2.05, 4.69) is 12.2 Å². The van der Waals surface area contributed by atoms with Gasteiger partial charge in [0, 0.05) is 29.6 Å². The van der Waals surface area contributed by atoms with Crippen LogP contribution in [0.5, 0.6) is 5.75 Å². The number of fused-ring (bicyclic) bond motifs is 1. The van der Waals surface area contributed by atoms with Gasteiger partial charge >= 0.3 is 0 Å². The zero-order chi connectivity index (χ0) is 19.0. The average Bonchev–Trinajstić information content (AvgIpc) is 3.27. The minimum absolute atomic E-state index is 0.0888. The SMILES string of the molecule is COc1cc(NC(=O)c2cc3c(s2)CC[C@@H](C)C3)ccc1N1CCCC1=O. The van der Waals surface area contributed by atoms with E-state index in [-0.39, 0.29) is 11.8 Å². The van der Waals surface area contributed by atoms with Crippen LogP contribution in [0.15, 0.2) is 24.3 Å². The van der Waals surface area contributed by atoms with Gasteiger partial charge in [-0.1, -0.05) is 6.92 Å². The van der Waals surface area contributed by atoms with E-state index in [0.717, 1.165) is 29.8 Å². The van der Waals surface area contributed by atoms with Gasteiger partial charge in [-0.3, -0.25) is 9.59 Å². The number of hydrogen-bond donors (Lipinski definition) is 1. The van der Waals surface area contributed by atoms with Crippen LogP contribution in [-0.2, 0) is 17.6 Å². The molecule has 0 saturated carbocycles. The largest absolute Gasteiger partial charge is 0.494 e. The molecule has 1 N–H and O–H groups in total. The third kappa shape index (κ3) is 3.58. The lowest BCUT2D eigenvalue weighted by atomic mass is 9.90. The van der Waals surface area contributed by atoms with Crippen molar-refractivity contribution >= 4 is 34.5 Å². The highest BCUT2D eigenvalue weighted by Gasteiger charge is 2.25. The number of anilines is 2. The molecule has 5 nitrogen and oxygen atoms in total. The normalized spacial score (nSPS) is 19.1. The van der Waals surface area contributed by atoms with Crippen molar-refractivity contribution in [3.63, 3.8) is 0 Å². The Balaban J connectivity index is 1.52. The third-order valence-electron chi connectivity index (χ3n) is 5.35. The topological polar surface area (TPSA) is 58.6 Å². The molecule has 2 aliphatic rings. The van der Waals surface area contributed by atoms with Crippen molar-refractivity contribution in [2.45, 2.75) is 39.0 Å². The fourth-order valence-electron chi connectivity index (χ4n) is 3.89. The Hall–Kier alpha value is -2.34. The Kier molecular flexibility index (Phi) is 4.91. The highest BCUT2D eigenvalue weighted by atomic mass is 32.1. The van der Waals surface area contributed by atoms with Crippen LogP contribution in [0.1, 0.15) is 46.3 Å². The Morgan fingerprint density at radius 2 is 2.15 bits per heavy atom. The minimum Gasteiger partial charge on any atom is -0.494 e. The molecule has 1 saturated heterocycles. The van der Waals surface area contributed by atoms with E-state index in [9.17, 15) is 9.59 Å². The van der Waals surface area contributed by atoms with E-state index in [1.165, 1.54) is 16.9 Å². The third-order valence-corrected chi connectivity index (χ3v) is 6.59. The maximum Gasteiger partial charge on any atom is 0.265 e. The molecule has 1 aromatic heterocycles. The van der Waals surface area contributed by atoms with Crippen LogP contribution in [-0.4, -0.2) is 25.5 Å². The van der Waals surface area contributed by atoms with Crippen LogP contribution in [0.2, 0.25) is 0 Å². The number of benzene rings is 1. The molecule has 0 bridgehead atoms. The van der Waals surface area contributed by atoms with Crippen molar-refractivity contribution in [1.82, 2.24) is 0 Å². The number of thiophene rings is 1. The maximum atomic E-state index is 12.7. The van der Waals surface area contributed by atoms with Crippen molar-refractivity contribution in [3.8, 4) is 5.75 Å². The average molecular weight is 385 g/mol. The molecule has 1 atom stereocenters. The summed E-state index contributed by atoms with van der Waals surface area (Å²) in [5.41, 5.74) is 2.76. The quantitative estimate of drug-likeness (QED) is 0.857. The molecule has 1 fully saturated rings. The lowest BCUT2D eigenvalue weighted by molar-refractivity contribution is -0.117. The Morgan fingerprint density at radius 1 is 1.30 bits per heavy atom. The molecule has 1 aromatic carbocycles. The second-order valence-electron chi connectivity index (χ2n) is 7.40. The molecule has 2 heterocycles. The number of methoxy groups -OCH3 is 1. The van der Waals surface area contributed by atoms with Crippen molar-refractivity contribution in [2.75, 3.05) is 23.9 Å². The van der Waals surface area contributed by atoms with Gasteiger partial charge in [0.15, 0.2) is 0 Å². The molecule has 142 valence electrons. The number of ether oxygens (including phenoxy) is 1. The van der Waals surface area contributed by atoms with Gasteiger partial charge in [0.05, 0.1) is 17.7 Å². The van der Waals surface area contributed by atoms with E-state index in [1.807, 2.05) is 18.2 Å². The van der Waals surface area contributed by atoms with Gasteiger partial charge in [-0.15, -0.1) is 11.3 Å². The summed E-state index contributed by atoms with van der Waals surface area (Å²) in [5, 5.41) is 2.97. The summed E-state index contributed by atoms with van der Waals surface area (Å²) < 4.78 is 5.47. The number of rotatable bonds is 4. The molecule has 0 unspecified atom stereocenters. The van der Waals surface area contributed by atoms with Crippen molar-refractivity contribution < 1.29 is 14.3 Å². The predicted octanol–water partition coefficient (Wildman–Crippen LogP) is 4.26. The Morgan fingerprint density at radius 3 is 2.89 bits per heavy atom. The van der Waals surface area contributed by atoms with Crippen LogP contribution in [0.3, 0.4) is 0 Å². The minimum atomic E-state index is -0.0888. The summed E-state index contributed by atoms with van der Waals surface area (Å²) >= 11 is 1.60. The molecule has 0 spiro atoms. The maximum absolute atomic E-state index is 12.7. The molecule has 0 radical (unpaired) electrons. The smallest absolute Gasteiger partial charge is 0.265 e. The predicted molar refractivity (Wildman–Crippen MR) is 108 cm³/mol. The molecule has 2 amide bonds. The molecule has 1 aliphatic heterocycles. The number of nitrogens with one attached hydrogen (secondary N) is 1. The summed E-state index contributed by atoms with van der Waals surface area (Å²) in [6, 6.07) is 7.50. The van der Waals surface area contributed by atoms with Gasteiger partial charge in [0.2, 0.25) is 5.91 Å². The summed E-state index contributed by atoms with van der Waals surface area (Å²) in [4.78, 5) is 28.6. The summed E-state index contributed by atoms with van der Waals surface area (Å²) in [6.45, 7) is 2.97.